The zero-order chi connectivity index (χ0) is 9.84. The van der Waals surface area contributed by atoms with Gasteiger partial charge in [-0.05, 0) is 28.1 Å². The standard InChI is InChI=1S/C9H7BrClNO/c1-13-9-6(4-5-12)8(11)3-2-7(9)10/h2-3H,4H2,1H3. The van der Waals surface area contributed by atoms with Crippen molar-refractivity contribution in [2.24, 2.45) is 0 Å². The molecule has 0 saturated heterocycles. The number of hydrogen-bond donors (Lipinski definition) is 0. The van der Waals surface area contributed by atoms with Gasteiger partial charge in [0.1, 0.15) is 5.75 Å². The van der Waals surface area contributed by atoms with E-state index >= 15 is 0 Å². The molecule has 0 atom stereocenters. The minimum absolute atomic E-state index is 0.251. The predicted octanol–water partition coefficient (Wildman–Crippen LogP) is 3.18. The van der Waals surface area contributed by atoms with Crippen molar-refractivity contribution >= 4 is 27.5 Å². The summed E-state index contributed by atoms with van der Waals surface area (Å²) in [6.07, 6.45) is 0.251. The topological polar surface area (TPSA) is 33.0 Å². The second-order valence-corrected chi connectivity index (χ2v) is 3.64. The van der Waals surface area contributed by atoms with Crippen LogP contribution in [0.15, 0.2) is 16.6 Å². The van der Waals surface area contributed by atoms with Crippen LogP contribution in [0.2, 0.25) is 5.02 Å². The first-order chi connectivity index (χ1) is 6.20. The van der Waals surface area contributed by atoms with E-state index in [-0.39, 0.29) is 6.42 Å². The van der Waals surface area contributed by atoms with Gasteiger partial charge in [0, 0.05) is 10.6 Å². The van der Waals surface area contributed by atoms with Gasteiger partial charge in [-0.25, -0.2) is 0 Å². The molecule has 68 valence electrons. The Labute approximate surface area is 90.2 Å². The van der Waals surface area contributed by atoms with Crippen LogP contribution in [-0.2, 0) is 6.42 Å². The number of benzene rings is 1. The second-order valence-electron chi connectivity index (χ2n) is 2.38. The van der Waals surface area contributed by atoms with Crippen LogP contribution >= 0.6 is 27.5 Å². The van der Waals surface area contributed by atoms with Crippen LogP contribution in [0.3, 0.4) is 0 Å². The van der Waals surface area contributed by atoms with Crippen molar-refractivity contribution in [1.29, 1.82) is 5.26 Å². The van der Waals surface area contributed by atoms with Crippen molar-refractivity contribution in [3.05, 3.63) is 27.2 Å². The first-order valence-corrected chi connectivity index (χ1v) is 4.75. The van der Waals surface area contributed by atoms with E-state index in [1.54, 1.807) is 19.2 Å². The van der Waals surface area contributed by atoms with E-state index < -0.39 is 0 Å². The predicted molar refractivity (Wildman–Crippen MR) is 55.0 cm³/mol. The lowest BCUT2D eigenvalue weighted by Gasteiger charge is -2.09. The van der Waals surface area contributed by atoms with Gasteiger partial charge in [0.25, 0.3) is 0 Å². The summed E-state index contributed by atoms with van der Waals surface area (Å²) in [6.45, 7) is 0. The van der Waals surface area contributed by atoms with Gasteiger partial charge in [-0.2, -0.15) is 5.26 Å². The largest absolute Gasteiger partial charge is 0.495 e. The van der Waals surface area contributed by atoms with Gasteiger partial charge < -0.3 is 4.74 Å². The van der Waals surface area contributed by atoms with Crippen molar-refractivity contribution in [3.8, 4) is 11.8 Å². The molecule has 0 aliphatic carbocycles. The second kappa shape index (κ2) is 4.50. The molecule has 2 nitrogen and oxygen atoms in total. The lowest BCUT2D eigenvalue weighted by atomic mass is 10.1. The normalized spacial score (nSPS) is 9.38. The molecule has 0 aliphatic heterocycles. The Balaban J connectivity index is 3.27. The fourth-order valence-electron chi connectivity index (χ4n) is 1.04. The van der Waals surface area contributed by atoms with E-state index in [0.29, 0.717) is 10.8 Å². The molecule has 1 rings (SSSR count). The summed E-state index contributed by atoms with van der Waals surface area (Å²) in [7, 11) is 1.55. The molecular formula is C9H7BrClNO. The number of halogens is 2. The highest BCUT2D eigenvalue weighted by molar-refractivity contribution is 9.10. The van der Waals surface area contributed by atoms with Gasteiger partial charge in [-0.3, -0.25) is 0 Å². The molecule has 0 radical (unpaired) electrons. The fraction of sp³-hybridized carbons (Fsp3) is 0.222. The van der Waals surface area contributed by atoms with Gasteiger partial charge in [0.2, 0.25) is 0 Å². The SMILES string of the molecule is COc1c(Br)ccc(Cl)c1CC#N. The maximum Gasteiger partial charge on any atom is 0.138 e. The summed E-state index contributed by atoms with van der Waals surface area (Å²) >= 11 is 9.23. The number of nitriles is 1. The van der Waals surface area contributed by atoms with Crippen molar-refractivity contribution in [2.45, 2.75) is 6.42 Å². The highest BCUT2D eigenvalue weighted by atomic mass is 79.9. The number of hydrogen-bond acceptors (Lipinski definition) is 2. The van der Waals surface area contributed by atoms with E-state index in [9.17, 15) is 0 Å². The highest BCUT2D eigenvalue weighted by Gasteiger charge is 2.10. The average molecular weight is 261 g/mol. The Morgan fingerprint density at radius 1 is 1.62 bits per heavy atom. The Morgan fingerprint density at radius 3 is 2.85 bits per heavy atom. The van der Waals surface area contributed by atoms with Crippen molar-refractivity contribution in [1.82, 2.24) is 0 Å². The maximum atomic E-state index is 8.58. The van der Waals surface area contributed by atoms with Crippen LogP contribution in [0, 0.1) is 11.3 Å². The highest BCUT2D eigenvalue weighted by Crippen LogP contribution is 2.34. The van der Waals surface area contributed by atoms with Crippen molar-refractivity contribution < 1.29 is 4.74 Å². The van der Waals surface area contributed by atoms with Crippen LogP contribution in [-0.4, -0.2) is 7.11 Å². The lowest BCUT2D eigenvalue weighted by molar-refractivity contribution is 0.408. The van der Waals surface area contributed by atoms with Crippen molar-refractivity contribution in [3.63, 3.8) is 0 Å². The summed E-state index contributed by atoms with van der Waals surface area (Å²) in [5, 5.41) is 9.13. The Kier molecular flexibility index (Phi) is 3.58. The zero-order valence-corrected chi connectivity index (χ0v) is 9.32. The smallest absolute Gasteiger partial charge is 0.138 e. The molecular weight excluding hydrogens is 253 g/mol. The molecule has 1 aromatic carbocycles. The van der Waals surface area contributed by atoms with Gasteiger partial charge in [-0.15, -0.1) is 0 Å². The molecule has 0 saturated carbocycles. The van der Waals surface area contributed by atoms with E-state index in [2.05, 4.69) is 15.9 Å². The lowest BCUT2D eigenvalue weighted by Crippen LogP contribution is -1.93. The monoisotopic (exact) mass is 259 g/mol. The van der Waals surface area contributed by atoms with Gasteiger partial charge in [0.05, 0.1) is 24.1 Å². The number of nitrogens with zero attached hydrogens (tertiary/aromatic N) is 1. The molecule has 0 bridgehead atoms. The molecule has 0 aliphatic rings. The average Bonchev–Trinajstić information content (AvgIpc) is 2.12. The molecule has 4 heteroatoms. The third kappa shape index (κ3) is 2.15. The summed E-state index contributed by atoms with van der Waals surface area (Å²) in [5.74, 6) is 0.633. The molecule has 13 heavy (non-hydrogen) atoms. The van der Waals surface area contributed by atoms with Crippen LogP contribution in [0.4, 0.5) is 0 Å². The molecule has 0 fully saturated rings. The molecule has 0 unspecified atom stereocenters. The Hall–Kier alpha value is -0.720. The Morgan fingerprint density at radius 2 is 2.31 bits per heavy atom. The third-order valence-electron chi connectivity index (χ3n) is 1.62. The number of ether oxygens (including phenoxy) is 1. The summed E-state index contributed by atoms with van der Waals surface area (Å²) in [4.78, 5) is 0. The first kappa shape index (κ1) is 10.4. The minimum atomic E-state index is 0.251. The van der Waals surface area contributed by atoms with Crippen LogP contribution in [0.1, 0.15) is 5.56 Å². The van der Waals surface area contributed by atoms with Gasteiger partial charge in [-0.1, -0.05) is 11.6 Å². The zero-order valence-electron chi connectivity index (χ0n) is 6.97. The van der Waals surface area contributed by atoms with Crippen LogP contribution in [0.5, 0.6) is 5.75 Å². The minimum Gasteiger partial charge on any atom is -0.495 e. The van der Waals surface area contributed by atoms with Gasteiger partial charge >= 0.3 is 0 Å². The van der Waals surface area contributed by atoms with Gasteiger partial charge in [0.15, 0.2) is 0 Å². The molecule has 0 heterocycles. The maximum absolute atomic E-state index is 8.58. The number of methoxy groups -OCH3 is 1. The number of rotatable bonds is 2. The molecule has 0 N–H and O–H groups in total. The van der Waals surface area contributed by atoms with E-state index in [1.807, 2.05) is 6.07 Å². The van der Waals surface area contributed by atoms with Crippen molar-refractivity contribution in [2.75, 3.05) is 7.11 Å². The quantitative estimate of drug-likeness (QED) is 0.818. The molecule has 0 aromatic heterocycles. The summed E-state index contributed by atoms with van der Waals surface area (Å²) < 4.78 is 5.94. The Bertz CT molecular complexity index is 359. The molecule has 0 spiro atoms. The third-order valence-corrected chi connectivity index (χ3v) is 2.59. The van der Waals surface area contributed by atoms with Crippen LogP contribution < -0.4 is 4.74 Å². The first-order valence-electron chi connectivity index (χ1n) is 3.58. The fourth-order valence-corrected chi connectivity index (χ4v) is 1.79. The van der Waals surface area contributed by atoms with Crippen LogP contribution in [0.25, 0.3) is 0 Å². The van der Waals surface area contributed by atoms with E-state index in [1.165, 1.54) is 0 Å². The van der Waals surface area contributed by atoms with E-state index in [4.69, 9.17) is 21.6 Å². The summed E-state index contributed by atoms with van der Waals surface area (Å²) in [5.41, 5.74) is 0.723. The summed E-state index contributed by atoms with van der Waals surface area (Å²) in [6, 6.07) is 5.57. The molecule has 0 amide bonds. The molecule has 1 aromatic rings. The van der Waals surface area contributed by atoms with E-state index in [0.717, 1.165) is 10.0 Å².